The molecule has 1 fully saturated rings. The fourth-order valence-corrected chi connectivity index (χ4v) is 4.47. The van der Waals surface area contributed by atoms with Gasteiger partial charge in [-0.3, -0.25) is 4.90 Å². The molecule has 6 heteroatoms. The van der Waals surface area contributed by atoms with Gasteiger partial charge in [0.15, 0.2) is 11.5 Å². The maximum atomic E-state index is 6.11. The number of benzene rings is 3. The van der Waals surface area contributed by atoms with E-state index in [1.165, 1.54) is 0 Å². The number of hydrogen-bond acceptors (Lipinski definition) is 6. The van der Waals surface area contributed by atoms with Crippen LogP contribution in [0.15, 0.2) is 66.7 Å². The van der Waals surface area contributed by atoms with Crippen LogP contribution in [0.4, 0.5) is 0 Å². The summed E-state index contributed by atoms with van der Waals surface area (Å²) in [4.78, 5) is 2.50. The number of nitrogens with zero attached hydrogens (tertiary/aromatic N) is 1. The first-order valence-corrected chi connectivity index (χ1v) is 11.7. The number of nitrogens with one attached hydrogen (secondary N) is 1. The second-order valence-corrected chi connectivity index (χ2v) is 8.33. The van der Waals surface area contributed by atoms with Crippen molar-refractivity contribution in [1.29, 1.82) is 0 Å². The van der Waals surface area contributed by atoms with Crippen LogP contribution in [-0.2, 0) is 6.61 Å². The van der Waals surface area contributed by atoms with E-state index in [1.807, 2.05) is 36.4 Å². The van der Waals surface area contributed by atoms with Crippen molar-refractivity contribution in [2.45, 2.75) is 19.1 Å². The largest absolute Gasteiger partial charge is 0.497 e. The van der Waals surface area contributed by atoms with E-state index in [-0.39, 0.29) is 6.04 Å². The van der Waals surface area contributed by atoms with Gasteiger partial charge in [-0.1, -0.05) is 36.4 Å². The van der Waals surface area contributed by atoms with Gasteiger partial charge in [0.2, 0.25) is 0 Å². The zero-order chi connectivity index (χ0) is 23.8. The fraction of sp³-hybridized carbons (Fsp3) is 0.357. The molecule has 34 heavy (non-hydrogen) atoms. The lowest BCUT2D eigenvalue weighted by atomic mass is 9.95. The molecule has 1 aliphatic heterocycles. The predicted octanol–water partition coefficient (Wildman–Crippen LogP) is 4.68. The first kappa shape index (κ1) is 23.9. The molecule has 1 aliphatic rings. The lowest BCUT2D eigenvalue weighted by Gasteiger charge is -2.32. The Morgan fingerprint density at radius 1 is 0.794 bits per heavy atom. The van der Waals surface area contributed by atoms with Crippen LogP contribution in [0.5, 0.6) is 23.0 Å². The topological polar surface area (TPSA) is 52.2 Å². The second kappa shape index (κ2) is 11.8. The summed E-state index contributed by atoms with van der Waals surface area (Å²) in [6.45, 7) is 4.36. The van der Waals surface area contributed by atoms with E-state index in [1.54, 1.807) is 21.3 Å². The Labute approximate surface area is 202 Å². The lowest BCUT2D eigenvalue weighted by molar-refractivity contribution is 0.234. The summed E-state index contributed by atoms with van der Waals surface area (Å²) in [6.07, 6.45) is 1.08. The molecule has 1 N–H and O–H groups in total. The van der Waals surface area contributed by atoms with Gasteiger partial charge in [0.25, 0.3) is 0 Å². The van der Waals surface area contributed by atoms with Crippen LogP contribution in [0.25, 0.3) is 0 Å². The number of methoxy groups -OCH3 is 3. The van der Waals surface area contributed by atoms with E-state index in [9.17, 15) is 0 Å². The van der Waals surface area contributed by atoms with Crippen LogP contribution in [0.1, 0.15) is 29.2 Å². The van der Waals surface area contributed by atoms with Crippen molar-refractivity contribution in [3.63, 3.8) is 0 Å². The van der Waals surface area contributed by atoms with E-state index in [0.717, 1.165) is 66.5 Å². The van der Waals surface area contributed by atoms with Gasteiger partial charge >= 0.3 is 0 Å². The normalized spacial score (nSPS) is 15.3. The van der Waals surface area contributed by atoms with Gasteiger partial charge in [-0.2, -0.15) is 0 Å². The van der Waals surface area contributed by atoms with Crippen molar-refractivity contribution in [2.75, 3.05) is 47.5 Å². The van der Waals surface area contributed by atoms with E-state index in [2.05, 4.69) is 40.5 Å². The van der Waals surface area contributed by atoms with Crippen molar-refractivity contribution in [2.24, 2.45) is 0 Å². The smallest absolute Gasteiger partial charge is 0.161 e. The number of hydrogen-bond donors (Lipinski definition) is 1. The SMILES string of the molecule is COc1ccc(OC)c(C(c2ccc(OCc3ccccc3)c(OC)c2)N2CCCNCC2)c1. The third-order valence-electron chi connectivity index (χ3n) is 6.21. The van der Waals surface area contributed by atoms with Gasteiger partial charge in [-0.05, 0) is 54.4 Å². The molecule has 1 atom stereocenters. The summed E-state index contributed by atoms with van der Waals surface area (Å²) < 4.78 is 23.2. The third-order valence-corrected chi connectivity index (χ3v) is 6.21. The fourth-order valence-electron chi connectivity index (χ4n) is 4.47. The molecule has 0 aromatic heterocycles. The molecule has 0 amide bonds. The Bertz CT molecular complexity index is 1050. The predicted molar refractivity (Wildman–Crippen MR) is 134 cm³/mol. The van der Waals surface area contributed by atoms with E-state index in [0.29, 0.717) is 12.4 Å². The highest BCUT2D eigenvalue weighted by Crippen LogP contribution is 2.40. The Kier molecular flexibility index (Phi) is 8.28. The van der Waals surface area contributed by atoms with Gasteiger partial charge in [-0.15, -0.1) is 0 Å². The van der Waals surface area contributed by atoms with Crippen LogP contribution < -0.4 is 24.3 Å². The average molecular weight is 463 g/mol. The van der Waals surface area contributed by atoms with Gasteiger partial charge in [0, 0.05) is 25.2 Å². The van der Waals surface area contributed by atoms with Crippen LogP contribution in [0.2, 0.25) is 0 Å². The number of rotatable bonds is 9. The zero-order valence-corrected chi connectivity index (χ0v) is 20.3. The summed E-state index contributed by atoms with van der Waals surface area (Å²) in [5.74, 6) is 3.09. The van der Waals surface area contributed by atoms with Crippen molar-refractivity contribution < 1.29 is 18.9 Å². The average Bonchev–Trinajstić information content (AvgIpc) is 3.18. The van der Waals surface area contributed by atoms with Crippen molar-refractivity contribution in [1.82, 2.24) is 10.2 Å². The van der Waals surface area contributed by atoms with Crippen LogP contribution >= 0.6 is 0 Å². The first-order valence-electron chi connectivity index (χ1n) is 11.7. The van der Waals surface area contributed by atoms with Crippen molar-refractivity contribution in [3.05, 3.63) is 83.4 Å². The minimum absolute atomic E-state index is 0.0120. The minimum Gasteiger partial charge on any atom is -0.497 e. The molecule has 0 bridgehead atoms. The monoisotopic (exact) mass is 462 g/mol. The van der Waals surface area contributed by atoms with Crippen LogP contribution in [0, 0.1) is 0 Å². The molecule has 4 rings (SSSR count). The van der Waals surface area contributed by atoms with Crippen molar-refractivity contribution >= 4 is 0 Å². The molecule has 3 aromatic carbocycles. The molecule has 3 aromatic rings. The number of ether oxygens (including phenoxy) is 4. The zero-order valence-electron chi connectivity index (χ0n) is 20.3. The molecular weight excluding hydrogens is 428 g/mol. The summed E-state index contributed by atoms with van der Waals surface area (Å²) >= 11 is 0. The minimum atomic E-state index is -0.0120. The highest BCUT2D eigenvalue weighted by molar-refractivity contribution is 5.50. The van der Waals surface area contributed by atoms with Crippen LogP contribution in [0.3, 0.4) is 0 Å². The van der Waals surface area contributed by atoms with Gasteiger partial charge in [0.05, 0.1) is 27.4 Å². The maximum absolute atomic E-state index is 6.11. The summed E-state index contributed by atoms with van der Waals surface area (Å²) in [6, 6.07) is 22.3. The molecule has 0 saturated carbocycles. The van der Waals surface area contributed by atoms with Gasteiger partial charge in [0.1, 0.15) is 18.1 Å². The van der Waals surface area contributed by atoms with E-state index >= 15 is 0 Å². The molecule has 0 aliphatic carbocycles. The molecule has 6 nitrogen and oxygen atoms in total. The Morgan fingerprint density at radius 3 is 2.35 bits per heavy atom. The maximum Gasteiger partial charge on any atom is 0.161 e. The van der Waals surface area contributed by atoms with E-state index < -0.39 is 0 Å². The first-order chi connectivity index (χ1) is 16.7. The molecule has 1 unspecified atom stereocenters. The van der Waals surface area contributed by atoms with Gasteiger partial charge < -0.3 is 24.3 Å². The molecule has 1 saturated heterocycles. The molecule has 180 valence electrons. The van der Waals surface area contributed by atoms with E-state index in [4.69, 9.17) is 18.9 Å². The molecule has 0 spiro atoms. The second-order valence-electron chi connectivity index (χ2n) is 8.33. The Hall–Kier alpha value is -3.22. The highest BCUT2D eigenvalue weighted by Gasteiger charge is 2.27. The molecule has 1 heterocycles. The Balaban J connectivity index is 1.71. The summed E-state index contributed by atoms with van der Waals surface area (Å²) in [5.41, 5.74) is 3.31. The Morgan fingerprint density at radius 2 is 1.59 bits per heavy atom. The molecule has 0 radical (unpaired) electrons. The highest BCUT2D eigenvalue weighted by atomic mass is 16.5. The lowest BCUT2D eigenvalue weighted by Crippen LogP contribution is -2.33. The summed E-state index contributed by atoms with van der Waals surface area (Å²) in [5, 5.41) is 3.51. The molecular formula is C28H34N2O4. The third kappa shape index (κ3) is 5.64. The summed E-state index contributed by atoms with van der Waals surface area (Å²) in [7, 11) is 5.09. The van der Waals surface area contributed by atoms with Gasteiger partial charge in [-0.25, -0.2) is 0 Å². The van der Waals surface area contributed by atoms with Crippen molar-refractivity contribution in [3.8, 4) is 23.0 Å². The van der Waals surface area contributed by atoms with Crippen LogP contribution in [-0.4, -0.2) is 52.4 Å². The standard InChI is InChI=1S/C28H34N2O4/c1-31-23-11-13-25(32-2)24(19-23)28(30-16-7-14-29-15-17-30)22-10-12-26(27(18-22)33-3)34-20-21-8-5-4-6-9-21/h4-6,8-13,18-19,28-29H,7,14-17,20H2,1-3H3. The quantitative estimate of drug-likeness (QED) is 0.499.